The van der Waals surface area contributed by atoms with Crippen LogP contribution in [0.2, 0.25) is 0 Å². The van der Waals surface area contributed by atoms with Crippen LogP contribution >= 0.6 is 0 Å². The number of rotatable bonds is 6. The van der Waals surface area contributed by atoms with Crippen molar-refractivity contribution in [3.05, 3.63) is 86.3 Å². The Hall–Kier alpha value is -3.74. The predicted molar refractivity (Wildman–Crippen MR) is 100 cm³/mol. The van der Waals surface area contributed by atoms with Crippen LogP contribution in [-0.4, -0.2) is 17.3 Å². The van der Waals surface area contributed by atoms with Gasteiger partial charge in [0.05, 0.1) is 11.5 Å². The van der Waals surface area contributed by atoms with Crippen molar-refractivity contribution in [2.24, 2.45) is 0 Å². The van der Waals surface area contributed by atoms with Crippen LogP contribution in [0.15, 0.2) is 63.8 Å². The van der Waals surface area contributed by atoms with Gasteiger partial charge in [0.15, 0.2) is 17.1 Å². The van der Waals surface area contributed by atoms with Crippen LogP contribution in [0, 0.1) is 10.1 Å². The maximum absolute atomic E-state index is 12.4. The number of para-hydroxylation sites is 1. The van der Waals surface area contributed by atoms with Crippen molar-refractivity contribution in [3.8, 4) is 5.75 Å². The van der Waals surface area contributed by atoms with E-state index in [1.807, 2.05) is 6.92 Å². The molecule has 0 unspecified atom stereocenters. The minimum absolute atomic E-state index is 0.0428. The number of nitro benzene ring substituents is 1. The van der Waals surface area contributed by atoms with Gasteiger partial charge in [0, 0.05) is 17.5 Å². The van der Waals surface area contributed by atoms with E-state index in [2.05, 4.69) is 0 Å². The average Bonchev–Trinajstić information content (AvgIpc) is 2.66. The van der Waals surface area contributed by atoms with Crippen molar-refractivity contribution in [1.82, 2.24) is 0 Å². The lowest BCUT2D eigenvalue weighted by molar-refractivity contribution is -0.384. The summed E-state index contributed by atoms with van der Waals surface area (Å²) in [5.41, 5.74) is -0.0147. The smallest absolute Gasteiger partial charge is 0.347 e. The van der Waals surface area contributed by atoms with Gasteiger partial charge in [0.2, 0.25) is 0 Å². The number of ether oxygens (including phenoxy) is 1. The normalized spacial score (nSPS) is 11.0. The van der Waals surface area contributed by atoms with Crippen LogP contribution in [-0.2, 0) is 0 Å². The lowest BCUT2D eigenvalue weighted by Gasteiger charge is -2.06. The van der Waals surface area contributed by atoms with Gasteiger partial charge < -0.3 is 9.15 Å². The van der Waals surface area contributed by atoms with Gasteiger partial charge in [-0.2, -0.15) is 0 Å². The average molecular weight is 365 g/mol. The molecule has 0 bridgehead atoms. The number of carbonyl (C=O) groups is 1. The molecule has 0 aliphatic heterocycles. The standard InChI is InChI=1S/C20H15NO6/c1-2-26-18-5-3-4-14-12-16(20(23)27-19(14)18)17(22)11-8-13-6-9-15(10-7-13)21(24)25/h3-12H,2H2,1H3/b11-8+. The second-order valence-electron chi connectivity index (χ2n) is 5.60. The van der Waals surface area contributed by atoms with Gasteiger partial charge in [0.25, 0.3) is 5.69 Å². The third-order valence-electron chi connectivity index (χ3n) is 3.82. The number of ketones is 1. The first-order valence-electron chi connectivity index (χ1n) is 8.16. The SMILES string of the molecule is CCOc1cccc2cc(C(=O)/C=C/c3ccc([N+](=O)[O-])cc3)c(=O)oc12. The second kappa shape index (κ2) is 7.65. The zero-order valence-corrected chi connectivity index (χ0v) is 14.4. The van der Waals surface area contributed by atoms with Crippen molar-refractivity contribution in [3.63, 3.8) is 0 Å². The lowest BCUT2D eigenvalue weighted by Crippen LogP contribution is -2.12. The molecule has 0 fully saturated rings. The van der Waals surface area contributed by atoms with Gasteiger partial charge in [0.1, 0.15) is 5.56 Å². The number of nitro groups is 1. The molecule has 7 nitrogen and oxygen atoms in total. The molecular formula is C20H15NO6. The van der Waals surface area contributed by atoms with Gasteiger partial charge in [-0.1, -0.05) is 18.2 Å². The molecule has 136 valence electrons. The molecule has 1 aromatic heterocycles. The van der Waals surface area contributed by atoms with Crippen LogP contribution in [0.25, 0.3) is 17.0 Å². The quantitative estimate of drug-likeness (QED) is 0.215. The summed E-state index contributed by atoms with van der Waals surface area (Å²) in [5.74, 6) is -0.0849. The Morgan fingerprint density at radius 2 is 1.96 bits per heavy atom. The first-order chi connectivity index (χ1) is 13.0. The summed E-state index contributed by atoms with van der Waals surface area (Å²) < 4.78 is 10.7. The lowest BCUT2D eigenvalue weighted by atomic mass is 10.1. The molecule has 0 radical (unpaired) electrons. The molecule has 3 aromatic rings. The second-order valence-corrected chi connectivity index (χ2v) is 5.60. The molecule has 7 heteroatoms. The van der Waals surface area contributed by atoms with Crippen LogP contribution < -0.4 is 10.4 Å². The number of hydrogen-bond acceptors (Lipinski definition) is 6. The van der Waals surface area contributed by atoms with Crippen LogP contribution in [0.4, 0.5) is 5.69 Å². The maximum atomic E-state index is 12.4. The minimum atomic E-state index is -0.756. The number of hydrogen-bond donors (Lipinski definition) is 0. The Kier molecular flexibility index (Phi) is 5.12. The van der Waals surface area contributed by atoms with Crippen molar-refractivity contribution >= 4 is 28.5 Å². The minimum Gasteiger partial charge on any atom is -0.490 e. The molecule has 0 saturated heterocycles. The molecular weight excluding hydrogens is 350 g/mol. The van der Waals surface area contributed by atoms with Crippen molar-refractivity contribution < 1.29 is 18.9 Å². The summed E-state index contributed by atoms with van der Waals surface area (Å²) in [5, 5.41) is 11.2. The highest BCUT2D eigenvalue weighted by atomic mass is 16.6. The number of carbonyl (C=O) groups excluding carboxylic acids is 1. The summed E-state index contributed by atoms with van der Waals surface area (Å²) in [6, 6.07) is 12.3. The topological polar surface area (TPSA) is 99.6 Å². The summed E-state index contributed by atoms with van der Waals surface area (Å²) >= 11 is 0. The zero-order chi connectivity index (χ0) is 19.4. The molecule has 27 heavy (non-hydrogen) atoms. The monoisotopic (exact) mass is 365 g/mol. The molecule has 0 saturated carbocycles. The van der Waals surface area contributed by atoms with E-state index in [1.165, 1.54) is 42.5 Å². The molecule has 0 spiro atoms. The molecule has 0 aliphatic rings. The van der Waals surface area contributed by atoms with Crippen LogP contribution in [0.3, 0.4) is 0 Å². The highest BCUT2D eigenvalue weighted by molar-refractivity contribution is 6.08. The number of allylic oxidation sites excluding steroid dienone is 1. The fourth-order valence-electron chi connectivity index (χ4n) is 2.53. The Balaban J connectivity index is 1.90. The van der Waals surface area contributed by atoms with Crippen molar-refractivity contribution in [2.45, 2.75) is 6.92 Å². The predicted octanol–water partition coefficient (Wildman–Crippen LogP) is 4.00. The van der Waals surface area contributed by atoms with Crippen LogP contribution in [0.5, 0.6) is 5.75 Å². The Morgan fingerprint density at radius 1 is 1.22 bits per heavy atom. The molecule has 0 atom stereocenters. The Labute approximate surface area is 153 Å². The number of non-ortho nitro benzene ring substituents is 1. The fraction of sp³-hybridized carbons (Fsp3) is 0.100. The van der Waals surface area contributed by atoms with Crippen molar-refractivity contribution in [1.29, 1.82) is 0 Å². The number of fused-ring (bicyclic) bond motifs is 1. The van der Waals surface area contributed by atoms with E-state index >= 15 is 0 Å². The third kappa shape index (κ3) is 3.92. The highest BCUT2D eigenvalue weighted by Crippen LogP contribution is 2.25. The first kappa shape index (κ1) is 18.1. The number of nitrogens with zero attached hydrogens (tertiary/aromatic N) is 1. The van der Waals surface area contributed by atoms with E-state index in [9.17, 15) is 19.7 Å². The third-order valence-corrected chi connectivity index (χ3v) is 3.82. The maximum Gasteiger partial charge on any atom is 0.347 e. The molecule has 0 amide bonds. The van der Waals surface area contributed by atoms with E-state index in [-0.39, 0.29) is 11.3 Å². The van der Waals surface area contributed by atoms with Gasteiger partial charge in [-0.15, -0.1) is 0 Å². The molecule has 3 rings (SSSR count). The number of benzene rings is 2. The molecule has 1 heterocycles. The summed E-state index contributed by atoms with van der Waals surface area (Å²) in [6.45, 7) is 2.24. The van der Waals surface area contributed by atoms with E-state index < -0.39 is 16.3 Å². The van der Waals surface area contributed by atoms with E-state index in [0.717, 1.165) is 0 Å². The van der Waals surface area contributed by atoms with E-state index in [0.29, 0.717) is 28.9 Å². The molecule has 2 aromatic carbocycles. The first-order valence-corrected chi connectivity index (χ1v) is 8.16. The Morgan fingerprint density at radius 3 is 2.63 bits per heavy atom. The largest absolute Gasteiger partial charge is 0.490 e. The summed E-state index contributed by atoms with van der Waals surface area (Å²) in [6.07, 6.45) is 2.71. The van der Waals surface area contributed by atoms with Gasteiger partial charge in [-0.3, -0.25) is 14.9 Å². The van der Waals surface area contributed by atoms with Crippen LogP contribution in [0.1, 0.15) is 22.8 Å². The zero-order valence-electron chi connectivity index (χ0n) is 14.4. The molecule has 0 aliphatic carbocycles. The van der Waals surface area contributed by atoms with Gasteiger partial charge >= 0.3 is 5.63 Å². The van der Waals surface area contributed by atoms with E-state index in [4.69, 9.17) is 9.15 Å². The summed E-state index contributed by atoms with van der Waals surface area (Å²) in [7, 11) is 0. The fourth-order valence-corrected chi connectivity index (χ4v) is 2.53. The highest BCUT2D eigenvalue weighted by Gasteiger charge is 2.14. The van der Waals surface area contributed by atoms with E-state index in [1.54, 1.807) is 18.2 Å². The summed E-state index contributed by atoms with van der Waals surface area (Å²) in [4.78, 5) is 34.7. The van der Waals surface area contributed by atoms with Gasteiger partial charge in [-0.05, 0) is 42.8 Å². The Bertz CT molecular complexity index is 1100. The molecule has 0 N–H and O–H groups in total. The van der Waals surface area contributed by atoms with Crippen molar-refractivity contribution in [2.75, 3.05) is 6.61 Å². The van der Waals surface area contributed by atoms with Gasteiger partial charge in [-0.25, -0.2) is 4.79 Å².